The van der Waals surface area contributed by atoms with E-state index < -0.39 is 35.1 Å². The highest BCUT2D eigenvalue weighted by molar-refractivity contribution is 5.99. The number of aliphatic hydroxyl groups excluding tert-OH is 1. The summed E-state index contributed by atoms with van der Waals surface area (Å²) >= 11 is 0. The molecule has 5 nitrogen and oxygen atoms in total. The SMILES string of the molecule is O=C(O)c1cccc(/C(O)=C/C(=O)C(F)(F)F)n1. The second-order valence-electron chi connectivity index (χ2n) is 3.10. The number of alkyl halides is 3. The topological polar surface area (TPSA) is 87.5 Å². The van der Waals surface area contributed by atoms with Crippen molar-refractivity contribution in [3.05, 3.63) is 35.7 Å². The van der Waals surface area contributed by atoms with E-state index in [1.165, 1.54) is 6.07 Å². The molecule has 18 heavy (non-hydrogen) atoms. The number of pyridine rings is 1. The number of aliphatic hydroxyl groups is 1. The van der Waals surface area contributed by atoms with Gasteiger partial charge >= 0.3 is 12.1 Å². The molecule has 0 atom stereocenters. The number of carbonyl (C=O) groups excluding carboxylic acids is 1. The molecule has 0 unspecified atom stereocenters. The average Bonchev–Trinajstić information content (AvgIpc) is 2.27. The highest BCUT2D eigenvalue weighted by Crippen LogP contribution is 2.19. The fraction of sp³-hybridized carbons (Fsp3) is 0.100. The summed E-state index contributed by atoms with van der Waals surface area (Å²) in [5, 5.41) is 17.8. The predicted molar refractivity (Wildman–Crippen MR) is 52.9 cm³/mol. The standard InChI is InChI=1S/C10H6F3NO4/c11-10(12,13)8(16)4-7(15)5-2-1-3-6(14-5)9(17)18/h1-4,15H,(H,17,18)/b7-4-. The Bertz CT molecular complexity index is 522. The second-order valence-corrected chi connectivity index (χ2v) is 3.10. The number of allylic oxidation sites excluding steroid dienone is 1. The molecule has 0 fully saturated rings. The van der Waals surface area contributed by atoms with E-state index in [0.717, 1.165) is 12.1 Å². The van der Waals surface area contributed by atoms with Crippen molar-refractivity contribution in [2.24, 2.45) is 0 Å². The highest BCUT2D eigenvalue weighted by Gasteiger charge is 2.37. The van der Waals surface area contributed by atoms with Gasteiger partial charge in [0, 0.05) is 6.08 Å². The molecule has 0 saturated carbocycles. The Balaban J connectivity index is 3.08. The van der Waals surface area contributed by atoms with Gasteiger partial charge in [-0.25, -0.2) is 9.78 Å². The molecule has 0 aliphatic rings. The Labute approximate surface area is 98.2 Å². The zero-order chi connectivity index (χ0) is 13.9. The van der Waals surface area contributed by atoms with E-state index in [9.17, 15) is 27.9 Å². The third kappa shape index (κ3) is 3.30. The van der Waals surface area contributed by atoms with E-state index in [1.807, 2.05) is 0 Å². The van der Waals surface area contributed by atoms with Gasteiger partial charge in [0.1, 0.15) is 17.1 Å². The lowest BCUT2D eigenvalue weighted by atomic mass is 10.2. The molecule has 0 radical (unpaired) electrons. The van der Waals surface area contributed by atoms with Crippen molar-refractivity contribution in [1.29, 1.82) is 0 Å². The fourth-order valence-electron chi connectivity index (χ4n) is 0.976. The molecule has 1 rings (SSSR count). The first-order chi connectivity index (χ1) is 8.21. The summed E-state index contributed by atoms with van der Waals surface area (Å²) in [6, 6.07) is 3.33. The lowest BCUT2D eigenvalue weighted by Gasteiger charge is -2.03. The van der Waals surface area contributed by atoms with Crippen LogP contribution in [0.1, 0.15) is 16.2 Å². The Morgan fingerprint density at radius 3 is 2.22 bits per heavy atom. The fourth-order valence-corrected chi connectivity index (χ4v) is 0.976. The quantitative estimate of drug-likeness (QED) is 0.640. The van der Waals surface area contributed by atoms with E-state index in [-0.39, 0.29) is 6.08 Å². The molecule has 8 heteroatoms. The number of hydrogen-bond donors (Lipinski definition) is 2. The van der Waals surface area contributed by atoms with Gasteiger partial charge in [0.05, 0.1) is 0 Å². The van der Waals surface area contributed by atoms with Gasteiger partial charge in [-0.05, 0) is 12.1 Å². The van der Waals surface area contributed by atoms with E-state index in [2.05, 4.69) is 4.98 Å². The maximum atomic E-state index is 11.9. The first-order valence-electron chi connectivity index (χ1n) is 4.44. The van der Waals surface area contributed by atoms with Crippen molar-refractivity contribution in [2.45, 2.75) is 6.18 Å². The molecular weight excluding hydrogens is 255 g/mol. The monoisotopic (exact) mass is 261 g/mol. The zero-order valence-electron chi connectivity index (χ0n) is 8.60. The smallest absolute Gasteiger partial charge is 0.454 e. The van der Waals surface area contributed by atoms with E-state index in [0.29, 0.717) is 0 Å². The average molecular weight is 261 g/mol. The molecule has 0 aliphatic carbocycles. The molecule has 0 saturated heterocycles. The largest absolute Gasteiger partial charge is 0.506 e. The van der Waals surface area contributed by atoms with Crippen LogP contribution in [0.5, 0.6) is 0 Å². The Morgan fingerprint density at radius 1 is 1.17 bits per heavy atom. The summed E-state index contributed by atoms with van der Waals surface area (Å²) < 4.78 is 35.7. The molecule has 0 spiro atoms. The lowest BCUT2D eigenvalue weighted by Crippen LogP contribution is -2.20. The van der Waals surface area contributed by atoms with Crippen LogP contribution in [-0.2, 0) is 4.79 Å². The number of ketones is 1. The molecule has 2 N–H and O–H groups in total. The van der Waals surface area contributed by atoms with Crippen molar-refractivity contribution in [3.63, 3.8) is 0 Å². The maximum absolute atomic E-state index is 11.9. The molecule has 1 aromatic rings. The van der Waals surface area contributed by atoms with Gasteiger partial charge < -0.3 is 10.2 Å². The molecule has 0 bridgehead atoms. The van der Waals surface area contributed by atoms with Crippen molar-refractivity contribution < 1.29 is 33.0 Å². The van der Waals surface area contributed by atoms with E-state index in [1.54, 1.807) is 0 Å². The van der Waals surface area contributed by atoms with E-state index >= 15 is 0 Å². The summed E-state index contributed by atoms with van der Waals surface area (Å²) in [5.41, 5.74) is -0.903. The van der Waals surface area contributed by atoms with Crippen LogP contribution >= 0.6 is 0 Å². The zero-order valence-corrected chi connectivity index (χ0v) is 8.60. The minimum atomic E-state index is -5.11. The number of rotatable bonds is 3. The number of hydrogen-bond acceptors (Lipinski definition) is 4. The second kappa shape index (κ2) is 4.86. The lowest BCUT2D eigenvalue weighted by molar-refractivity contribution is -0.165. The van der Waals surface area contributed by atoms with Crippen LogP contribution in [0.3, 0.4) is 0 Å². The van der Waals surface area contributed by atoms with Crippen LogP contribution in [0.25, 0.3) is 5.76 Å². The summed E-state index contributed by atoms with van der Waals surface area (Å²) in [5.74, 6) is -4.73. The number of aromatic nitrogens is 1. The van der Waals surface area contributed by atoms with Gasteiger partial charge in [-0.3, -0.25) is 4.79 Å². The maximum Gasteiger partial charge on any atom is 0.454 e. The summed E-state index contributed by atoms with van der Waals surface area (Å²) in [7, 11) is 0. The van der Waals surface area contributed by atoms with E-state index in [4.69, 9.17) is 5.11 Å². The third-order valence-corrected chi connectivity index (χ3v) is 1.78. The number of carboxylic acid groups (broad SMARTS) is 1. The first-order valence-corrected chi connectivity index (χ1v) is 4.44. The number of aromatic carboxylic acids is 1. The number of halogens is 3. The van der Waals surface area contributed by atoms with Crippen molar-refractivity contribution in [1.82, 2.24) is 4.98 Å². The molecule has 0 aliphatic heterocycles. The molecule has 0 amide bonds. The van der Waals surface area contributed by atoms with Crippen LogP contribution in [0.15, 0.2) is 24.3 Å². The summed E-state index contributed by atoms with van der Waals surface area (Å²) in [6.07, 6.45) is -5.17. The Hall–Kier alpha value is -2.38. The Kier molecular flexibility index (Phi) is 3.70. The van der Waals surface area contributed by atoms with Gasteiger partial charge in [-0.2, -0.15) is 13.2 Å². The summed E-state index contributed by atoms with van der Waals surface area (Å²) in [6.45, 7) is 0. The van der Waals surface area contributed by atoms with Gasteiger partial charge in [-0.1, -0.05) is 6.07 Å². The number of carboxylic acids is 1. The van der Waals surface area contributed by atoms with Crippen molar-refractivity contribution >= 4 is 17.5 Å². The number of carbonyl (C=O) groups is 2. The predicted octanol–water partition coefficient (Wildman–Crippen LogP) is 1.81. The van der Waals surface area contributed by atoms with Gasteiger partial charge in [0.25, 0.3) is 5.78 Å². The summed E-state index contributed by atoms with van der Waals surface area (Å²) in [4.78, 5) is 24.5. The van der Waals surface area contributed by atoms with Crippen LogP contribution in [0.4, 0.5) is 13.2 Å². The third-order valence-electron chi connectivity index (χ3n) is 1.78. The van der Waals surface area contributed by atoms with Crippen molar-refractivity contribution in [2.75, 3.05) is 0 Å². The van der Waals surface area contributed by atoms with Crippen LogP contribution < -0.4 is 0 Å². The molecule has 1 aromatic heterocycles. The van der Waals surface area contributed by atoms with Crippen LogP contribution in [-0.4, -0.2) is 33.1 Å². The molecular formula is C10H6F3NO4. The van der Waals surface area contributed by atoms with Gasteiger partial charge in [0.2, 0.25) is 0 Å². The van der Waals surface area contributed by atoms with Gasteiger partial charge in [-0.15, -0.1) is 0 Å². The van der Waals surface area contributed by atoms with Gasteiger partial charge in [0.15, 0.2) is 0 Å². The van der Waals surface area contributed by atoms with Crippen LogP contribution in [0, 0.1) is 0 Å². The minimum absolute atomic E-state index is 0.0615. The normalized spacial score (nSPS) is 12.3. The Morgan fingerprint density at radius 2 is 1.72 bits per heavy atom. The first kappa shape index (κ1) is 13.7. The molecule has 96 valence electrons. The van der Waals surface area contributed by atoms with Crippen molar-refractivity contribution in [3.8, 4) is 0 Å². The molecule has 0 aromatic carbocycles. The number of nitrogens with zero attached hydrogens (tertiary/aromatic N) is 1. The highest BCUT2D eigenvalue weighted by atomic mass is 19.4. The van der Waals surface area contributed by atoms with Crippen LogP contribution in [0.2, 0.25) is 0 Å². The minimum Gasteiger partial charge on any atom is -0.506 e. The molecule has 1 heterocycles.